The van der Waals surface area contributed by atoms with Gasteiger partial charge in [-0.15, -0.1) is 12.4 Å². The van der Waals surface area contributed by atoms with Crippen LogP contribution in [-0.2, 0) is 13.6 Å². The minimum absolute atomic E-state index is 0. The topological polar surface area (TPSA) is 29.9 Å². The average molecular weight is 260 g/mol. The fraction of sp³-hybridized carbons (Fsp3) is 0.769. The molecule has 100 valence electrons. The normalized spacial score (nSPS) is 11.3. The Labute approximate surface area is 111 Å². The number of aryl methyl sites for hydroxylation is 1. The molecule has 0 saturated heterocycles. The molecule has 0 spiro atoms. The third kappa shape index (κ3) is 8.22. The number of nitrogens with zero attached hydrogens (tertiary/aromatic N) is 2. The zero-order chi connectivity index (χ0) is 12.0. The molecule has 0 saturated carbocycles. The van der Waals surface area contributed by atoms with E-state index in [4.69, 9.17) is 0 Å². The molecular formula is C13H26ClN3. The maximum absolute atomic E-state index is 4.32. The quantitative estimate of drug-likeness (QED) is 0.796. The molecule has 0 aromatic carbocycles. The van der Waals surface area contributed by atoms with Gasteiger partial charge in [-0.1, -0.05) is 27.2 Å². The molecule has 1 rings (SSSR count). The summed E-state index contributed by atoms with van der Waals surface area (Å²) in [7, 11) is 1.95. The third-order valence-electron chi connectivity index (χ3n) is 2.61. The second kappa shape index (κ2) is 7.72. The summed E-state index contributed by atoms with van der Waals surface area (Å²) in [5.41, 5.74) is 1.60. The third-order valence-corrected chi connectivity index (χ3v) is 2.61. The van der Waals surface area contributed by atoms with E-state index in [9.17, 15) is 0 Å². The van der Waals surface area contributed by atoms with E-state index in [1.54, 1.807) is 0 Å². The van der Waals surface area contributed by atoms with Crippen LogP contribution >= 0.6 is 12.4 Å². The first-order chi connectivity index (χ1) is 7.47. The molecule has 3 nitrogen and oxygen atoms in total. The number of aromatic nitrogens is 2. The number of unbranched alkanes of at least 4 members (excludes halogenated alkanes) is 1. The molecule has 0 unspecified atom stereocenters. The van der Waals surface area contributed by atoms with Crippen molar-refractivity contribution < 1.29 is 0 Å². The lowest BCUT2D eigenvalue weighted by Gasteiger charge is -2.17. The summed E-state index contributed by atoms with van der Waals surface area (Å²) in [6.07, 6.45) is 5.84. The summed E-state index contributed by atoms with van der Waals surface area (Å²) in [5, 5.41) is 7.75. The van der Waals surface area contributed by atoms with Crippen molar-refractivity contribution in [2.45, 2.75) is 46.6 Å². The van der Waals surface area contributed by atoms with Crippen LogP contribution in [0.5, 0.6) is 0 Å². The first-order valence-electron chi connectivity index (χ1n) is 6.17. The highest BCUT2D eigenvalue weighted by molar-refractivity contribution is 5.85. The summed E-state index contributed by atoms with van der Waals surface area (Å²) in [5.74, 6) is 0. The summed E-state index contributed by atoms with van der Waals surface area (Å²) in [4.78, 5) is 0. The zero-order valence-electron chi connectivity index (χ0n) is 11.5. The smallest absolute Gasteiger partial charge is 0.0762 e. The van der Waals surface area contributed by atoms with Gasteiger partial charge in [0.15, 0.2) is 0 Å². The van der Waals surface area contributed by atoms with Crippen LogP contribution in [0, 0.1) is 5.41 Å². The zero-order valence-corrected chi connectivity index (χ0v) is 12.3. The highest BCUT2D eigenvalue weighted by Gasteiger charge is 2.08. The van der Waals surface area contributed by atoms with Crippen LogP contribution in [0.15, 0.2) is 12.3 Å². The molecular weight excluding hydrogens is 234 g/mol. The van der Waals surface area contributed by atoms with Gasteiger partial charge in [-0.2, -0.15) is 5.10 Å². The van der Waals surface area contributed by atoms with Crippen molar-refractivity contribution in [3.63, 3.8) is 0 Å². The highest BCUT2D eigenvalue weighted by Crippen LogP contribution is 2.21. The van der Waals surface area contributed by atoms with E-state index in [-0.39, 0.29) is 12.4 Å². The maximum atomic E-state index is 4.32. The molecule has 1 heterocycles. The molecule has 0 aliphatic heterocycles. The van der Waals surface area contributed by atoms with Crippen molar-refractivity contribution in [3.8, 4) is 0 Å². The maximum Gasteiger partial charge on any atom is 0.0762 e. The second-order valence-electron chi connectivity index (χ2n) is 5.68. The van der Waals surface area contributed by atoms with Crippen LogP contribution in [-0.4, -0.2) is 16.3 Å². The minimum Gasteiger partial charge on any atom is -0.311 e. The van der Waals surface area contributed by atoms with Crippen LogP contribution in [0.3, 0.4) is 0 Å². The van der Waals surface area contributed by atoms with E-state index < -0.39 is 0 Å². The number of rotatable bonds is 6. The van der Waals surface area contributed by atoms with Gasteiger partial charge >= 0.3 is 0 Å². The molecule has 0 aliphatic carbocycles. The van der Waals surface area contributed by atoms with E-state index in [2.05, 4.69) is 37.3 Å². The van der Waals surface area contributed by atoms with E-state index in [1.165, 1.54) is 19.3 Å². The molecule has 0 bridgehead atoms. The van der Waals surface area contributed by atoms with Crippen LogP contribution in [0.2, 0.25) is 0 Å². The predicted octanol–water partition coefficient (Wildman–Crippen LogP) is 3.15. The van der Waals surface area contributed by atoms with Gasteiger partial charge < -0.3 is 5.32 Å². The summed E-state index contributed by atoms with van der Waals surface area (Å²) in [6, 6.07) is 2.06. The Balaban J connectivity index is 0.00000256. The van der Waals surface area contributed by atoms with Crippen molar-refractivity contribution in [1.82, 2.24) is 15.1 Å². The first-order valence-corrected chi connectivity index (χ1v) is 6.17. The lowest BCUT2D eigenvalue weighted by Crippen LogP contribution is -2.16. The van der Waals surface area contributed by atoms with Crippen LogP contribution in [0.25, 0.3) is 0 Å². The van der Waals surface area contributed by atoms with Gasteiger partial charge in [-0.05, 0) is 30.9 Å². The molecule has 1 aromatic heterocycles. The van der Waals surface area contributed by atoms with E-state index in [0.29, 0.717) is 5.41 Å². The van der Waals surface area contributed by atoms with E-state index in [1.807, 2.05) is 17.9 Å². The Morgan fingerprint density at radius 2 is 2.00 bits per heavy atom. The molecule has 4 heteroatoms. The van der Waals surface area contributed by atoms with Gasteiger partial charge in [0.25, 0.3) is 0 Å². The van der Waals surface area contributed by atoms with Crippen LogP contribution < -0.4 is 5.32 Å². The van der Waals surface area contributed by atoms with E-state index >= 15 is 0 Å². The molecule has 0 atom stereocenters. The minimum atomic E-state index is 0. The lowest BCUT2D eigenvalue weighted by atomic mass is 9.90. The van der Waals surface area contributed by atoms with Crippen molar-refractivity contribution in [3.05, 3.63) is 18.0 Å². The van der Waals surface area contributed by atoms with Crippen LogP contribution in [0.1, 0.15) is 45.7 Å². The first kappa shape index (κ1) is 16.5. The molecule has 0 amide bonds. The van der Waals surface area contributed by atoms with Gasteiger partial charge in [0.1, 0.15) is 0 Å². The van der Waals surface area contributed by atoms with Crippen molar-refractivity contribution in [2.75, 3.05) is 6.54 Å². The fourth-order valence-corrected chi connectivity index (χ4v) is 1.68. The van der Waals surface area contributed by atoms with E-state index in [0.717, 1.165) is 18.8 Å². The van der Waals surface area contributed by atoms with Gasteiger partial charge in [-0.25, -0.2) is 0 Å². The molecule has 0 fully saturated rings. The van der Waals surface area contributed by atoms with Crippen LogP contribution in [0.4, 0.5) is 0 Å². The molecule has 17 heavy (non-hydrogen) atoms. The highest BCUT2D eigenvalue weighted by atomic mass is 35.5. The van der Waals surface area contributed by atoms with Gasteiger partial charge in [0.05, 0.1) is 5.69 Å². The number of halogens is 1. The SMILES string of the molecule is Cl.Cn1ccc(CNCCCCC(C)(C)C)n1. The monoisotopic (exact) mass is 259 g/mol. The fourth-order valence-electron chi connectivity index (χ4n) is 1.68. The molecule has 0 radical (unpaired) electrons. The predicted molar refractivity (Wildman–Crippen MR) is 75.5 cm³/mol. The number of hydrogen-bond acceptors (Lipinski definition) is 2. The van der Waals surface area contributed by atoms with Crippen molar-refractivity contribution >= 4 is 12.4 Å². The molecule has 1 N–H and O–H groups in total. The standard InChI is InChI=1S/C13H25N3.ClH/c1-13(2,3)8-5-6-9-14-11-12-7-10-16(4)15-12;/h7,10,14H,5-6,8-9,11H2,1-4H3;1H. The summed E-state index contributed by atoms with van der Waals surface area (Å²) < 4.78 is 1.84. The Kier molecular flexibility index (Phi) is 7.48. The Bertz CT molecular complexity index is 302. The van der Waals surface area contributed by atoms with Crippen molar-refractivity contribution in [2.24, 2.45) is 12.5 Å². The Hall–Kier alpha value is -0.540. The molecule has 0 aliphatic rings. The second-order valence-corrected chi connectivity index (χ2v) is 5.68. The van der Waals surface area contributed by atoms with Gasteiger partial charge in [0, 0.05) is 19.8 Å². The average Bonchev–Trinajstić information content (AvgIpc) is 2.56. The number of nitrogens with one attached hydrogen (secondary N) is 1. The summed E-state index contributed by atoms with van der Waals surface area (Å²) in [6.45, 7) is 8.87. The Morgan fingerprint density at radius 1 is 1.29 bits per heavy atom. The Morgan fingerprint density at radius 3 is 2.53 bits per heavy atom. The number of hydrogen-bond donors (Lipinski definition) is 1. The van der Waals surface area contributed by atoms with Gasteiger partial charge in [-0.3, -0.25) is 4.68 Å². The molecule has 1 aromatic rings. The summed E-state index contributed by atoms with van der Waals surface area (Å²) >= 11 is 0. The largest absolute Gasteiger partial charge is 0.311 e. The van der Waals surface area contributed by atoms with Crippen molar-refractivity contribution in [1.29, 1.82) is 0 Å². The lowest BCUT2D eigenvalue weighted by molar-refractivity contribution is 0.358. The van der Waals surface area contributed by atoms with Gasteiger partial charge in [0.2, 0.25) is 0 Å².